The molecule has 5 heteroatoms. The number of benzene rings is 1. The van der Waals surface area contributed by atoms with Crippen molar-refractivity contribution in [2.45, 2.75) is 13.5 Å². The molecule has 1 aromatic carbocycles. The SMILES string of the molecule is CC(=O)c1cn(CC=O)c2ccc(C#Cc3ncccn3)cc12. The zero-order valence-corrected chi connectivity index (χ0v) is 12.5. The first kappa shape index (κ1) is 14.7. The van der Waals surface area contributed by atoms with Crippen LogP contribution in [0.15, 0.2) is 42.9 Å². The van der Waals surface area contributed by atoms with Gasteiger partial charge in [0.2, 0.25) is 5.82 Å². The van der Waals surface area contributed by atoms with Crippen LogP contribution in [-0.4, -0.2) is 26.6 Å². The summed E-state index contributed by atoms with van der Waals surface area (Å²) in [5, 5.41) is 0.792. The normalized spacial score (nSPS) is 10.1. The molecule has 2 aromatic heterocycles. The second-order valence-electron chi connectivity index (χ2n) is 4.97. The highest BCUT2D eigenvalue weighted by Gasteiger charge is 2.12. The van der Waals surface area contributed by atoms with E-state index in [-0.39, 0.29) is 12.3 Å². The lowest BCUT2D eigenvalue weighted by atomic mass is 10.1. The molecule has 23 heavy (non-hydrogen) atoms. The lowest BCUT2D eigenvalue weighted by molar-refractivity contribution is -0.108. The van der Waals surface area contributed by atoms with Gasteiger partial charge in [-0.25, -0.2) is 9.97 Å². The van der Waals surface area contributed by atoms with E-state index < -0.39 is 0 Å². The van der Waals surface area contributed by atoms with Crippen LogP contribution in [0.25, 0.3) is 10.9 Å². The monoisotopic (exact) mass is 303 g/mol. The Morgan fingerprint density at radius 1 is 1.26 bits per heavy atom. The molecule has 0 aliphatic rings. The number of nitrogens with zero attached hydrogens (tertiary/aromatic N) is 3. The molecular formula is C18H13N3O2. The summed E-state index contributed by atoms with van der Waals surface area (Å²) in [6, 6.07) is 7.29. The van der Waals surface area contributed by atoms with Crippen LogP contribution in [0.1, 0.15) is 28.7 Å². The van der Waals surface area contributed by atoms with Crippen LogP contribution in [0.3, 0.4) is 0 Å². The Kier molecular flexibility index (Phi) is 3.98. The molecule has 2 heterocycles. The molecule has 0 N–H and O–H groups in total. The Labute approximate surface area is 133 Å². The number of fused-ring (bicyclic) bond motifs is 1. The van der Waals surface area contributed by atoms with E-state index in [1.807, 2.05) is 18.2 Å². The van der Waals surface area contributed by atoms with Crippen molar-refractivity contribution in [3.8, 4) is 11.8 Å². The van der Waals surface area contributed by atoms with Gasteiger partial charge in [0.05, 0.1) is 6.54 Å². The van der Waals surface area contributed by atoms with E-state index in [4.69, 9.17) is 0 Å². The van der Waals surface area contributed by atoms with E-state index >= 15 is 0 Å². The third-order valence-corrected chi connectivity index (χ3v) is 3.42. The largest absolute Gasteiger partial charge is 0.340 e. The molecule has 0 aliphatic carbocycles. The van der Waals surface area contributed by atoms with Gasteiger partial charge >= 0.3 is 0 Å². The van der Waals surface area contributed by atoms with E-state index in [1.54, 1.807) is 29.2 Å². The minimum Gasteiger partial charge on any atom is -0.340 e. The average Bonchev–Trinajstić information content (AvgIpc) is 2.93. The molecule has 0 bridgehead atoms. The van der Waals surface area contributed by atoms with Crippen molar-refractivity contribution >= 4 is 23.0 Å². The molecule has 0 radical (unpaired) electrons. The van der Waals surface area contributed by atoms with Crippen molar-refractivity contribution in [1.29, 1.82) is 0 Å². The van der Waals surface area contributed by atoms with Crippen LogP contribution in [0.4, 0.5) is 0 Å². The Bertz CT molecular complexity index is 947. The molecular weight excluding hydrogens is 290 g/mol. The molecule has 0 spiro atoms. The van der Waals surface area contributed by atoms with Crippen molar-refractivity contribution in [1.82, 2.24) is 14.5 Å². The predicted octanol–water partition coefficient (Wildman–Crippen LogP) is 2.23. The van der Waals surface area contributed by atoms with Gasteiger partial charge < -0.3 is 9.36 Å². The highest BCUT2D eigenvalue weighted by atomic mass is 16.1. The Hall–Kier alpha value is -3.26. The highest BCUT2D eigenvalue weighted by molar-refractivity contribution is 6.07. The fourth-order valence-corrected chi connectivity index (χ4v) is 2.38. The summed E-state index contributed by atoms with van der Waals surface area (Å²) in [4.78, 5) is 30.7. The summed E-state index contributed by atoms with van der Waals surface area (Å²) in [5.41, 5.74) is 2.18. The summed E-state index contributed by atoms with van der Waals surface area (Å²) >= 11 is 0. The summed E-state index contributed by atoms with van der Waals surface area (Å²) in [6.45, 7) is 1.73. The van der Waals surface area contributed by atoms with E-state index in [0.29, 0.717) is 11.4 Å². The van der Waals surface area contributed by atoms with E-state index in [9.17, 15) is 9.59 Å². The van der Waals surface area contributed by atoms with Crippen LogP contribution < -0.4 is 0 Å². The molecule has 0 saturated heterocycles. The first-order valence-electron chi connectivity index (χ1n) is 7.05. The molecule has 112 valence electrons. The third-order valence-electron chi connectivity index (χ3n) is 3.42. The van der Waals surface area contributed by atoms with Gasteiger partial charge in [-0.3, -0.25) is 4.79 Å². The molecule has 3 aromatic rings. The highest BCUT2D eigenvalue weighted by Crippen LogP contribution is 2.23. The third kappa shape index (κ3) is 3.01. The number of Topliss-reactive ketones (excluding diaryl/α,β-unsaturated/α-hetero) is 1. The number of rotatable bonds is 3. The van der Waals surface area contributed by atoms with Crippen LogP contribution in [0.5, 0.6) is 0 Å². The lowest BCUT2D eigenvalue weighted by Gasteiger charge is -1.99. The first-order chi connectivity index (χ1) is 11.2. The maximum absolute atomic E-state index is 11.8. The molecule has 5 nitrogen and oxygen atoms in total. The van der Waals surface area contributed by atoms with Crippen molar-refractivity contribution in [2.75, 3.05) is 0 Å². The minimum absolute atomic E-state index is 0.0452. The minimum atomic E-state index is -0.0452. The second kappa shape index (κ2) is 6.24. The Morgan fingerprint density at radius 2 is 2.04 bits per heavy atom. The molecule has 0 aliphatic heterocycles. The van der Waals surface area contributed by atoms with Gasteiger partial charge in [0.1, 0.15) is 6.29 Å². The molecule has 3 rings (SSSR count). The first-order valence-corrected chi connectivity index (χ1v) is 7.05. The number of aromatic nitrogens is 3. The van der Waals surface area contributed by atoms with Crippen LogP contribution in [-0.2, 0) is 11.3 Å². The number of carbonyl (C=O) groups excluding carboxylic acids is 2. The van der Waals surface area contributed by atoms with Crippen molar-refractivity contribution in [3.63, 3.8) is 0 Å². The summed E-state index contributed by atoms with van der Waals surface area (Å²) in [7, 11) is 0. The van der Waals surface area contributed by atoms with E-state index in [0.717, 1.165) is 22.8 Å². The maximum Gasteiger partial charge on any atom is 0.205 e. The van der Waals surface area contributed by atoms with Crippen LogP contribution in [0, 0.1) is 11.8 Å². The van der Waals surface area contributed by atoms with Gasteiger partial charge in [0, 0.05) is 40.6 Å². The smallest absolute Gasteiger partial charge is 0.205 e. The maximum atomic E-state index is 11.8. The zero-order chi connectivity index (χ0) is 16.2. The van der Waals surface area contributed by atoms with Gasteiger partial charge in [0.15, 0.2) is 5.78 Å². The van der Waals surface area contributed by atoms with Crippen molar-refractivity contribution in [3.05, 3.63) is 59.8 Å². The van der Waals surface area contributed by atoms with Crippen molar-refractivity contribution in [2.24, 2.45) is 0 Å². The predicted molar refractivity (Wildman–Crippen MR) is 86.0 cm³/mol. The lowest BCUT2D eigenvalue weighted by Crippen LogP contribution is -1.96. The number of carbonyl (C=O) groups is 2. The Balaban J connectivity index is 2.08. The average molecular weight is 303 g/mol. The fraction of sp³-hybridized carbons (Fsp3) is 0.111. The second-order valence-corrected chi connectivity index (χ2v) is 4.97. The molecule has 0 unspecified atom stereocenters. The molecule has 0 fully saturated rings. The quantitative estimate of drug-likeness (QED) is 0.423. The summed E-state index contributed by atoms with van der Waals surface area (Å²) in [5.74, 6) is 6.28. The molecule has 0 amide bonds. The number of ketones is 1. The van der Waals surface area contributed by atoms with E-state index in [2.05, 4.69) is 21.8 Å². The topological polar surface area (TPSA) is 64.8 Å². The molecule has 0 saturated carbocycles. The van der Waals surface area contributed by atoms with Gasteiger partial charge in [0.25, 0.3) is 0 Å². The van der Waals surface area contributed by atoms with Gasteiger partial charge in [-0.15, -0.1) is 0 Å². The Morgan fingerprint density at radius 3 is 2.74 bits per heavy atom. The van der Waals surface area contributed by atoms with Gasteiger partial charge in [-0.1, -0.05) is 5.92 Å². The fourth-order valence-electron chi connectivity index (χ4n) is 2.38. The summed E-state index contributed by atoms with van der Waals surface area (Å²) in [6.07, 6.45) is 5.78. The zero-order valence-electron chi connectivity index (χ0n) is 12.5. The molecule has 0 atom stereocenters. The number of hydrogen-bond acceptors (Lipinski definition) is 4. The number of aldehydes is 1. The van der Waals surface area contributed by atoms with E-state index in [1.165, 1.54) is 6.92 Å². The standard InChI is InChI=1S/C18H13N3O2/c1-13(23)16-12-21(9-10-22)17-5-3-14(11-15(16)17)4-6-18-19-7-2-8-20-18/h2-3,5,7-8,10-12H,9H2,1H3. The van der Waals surface area contributed by atoms with Crippen molar-refractivity contribution < 1.29 is 9.59 Å². The van der Waals surface area contributed by atoms with Gasteiger partial charge in [-0.05, 0) is 37.1 Å². The van der Waals surface area contributed by atoms with Gasteiger partial charge in [-0.2, -0.15) is 0 Å². The van der Waals surface area contributed by atoms with Crippen LogP contribution in [0.2, 0.25) is 0 Å². The van der Waals surface area contributed by atoms with Crippen LogP contribution >= 0.6 is 0 Å². The summed E-state index contributed by atoms with van der Waals surface area (Å²) < 4.78 is 1.76. The number of hydrogen-bond donors (Lipinski definition) is 0.